The summed E-state index contributed by atoms with van der Waals surface area (Å²) in [5.41, 5.74) is 4.33. The summed E-state index contributed by atoms with van der Waals surface area (Å²) < 4.78 is 7.15. The predicted octanol–water partition coefficient (Wildman–Crippen LogP) is 3.27. The molecule has 3 heterocycles. The number of fused-ring (bicyclic) bond motifs is 1. The molecule has 0 unspecified atom stereocenters. The summed E-state index contributed by atoms with van der Waals surface area (Å²) in [5.74, 6) is 0.316. The molecular weight excluding hydrogens is 432 g/mol. The van der Waals surface area contributed by atoms with Crippen molar-refractivity contribution in [3.8, 4) is 22.8 Å². The van der Waals surface area contributed by atoms with Gasteiger partial charge in [-0.15, -0.1) is 10.2 Å². The molecule has 0 aliphatic carbocycles. The van der Waals surface area contributed by atoms with Crippen LogP contribution in [-0.4, -0.2) is 63.6 Å². The fourth-order valence-electron chi connectivity index (χ4n) is 4.41. The highest BCUT2D eigenvalue weighted by Gasteiger charge is 2.24. The fraction of sp³-hybridized carbons (Fsp3) is 0.320. The first-order valence-electron chi connectivity index (χ1n) is 11.6. The molecule has 176 valence electrons. The predicted molar refractivity (Wildman–Crippen MR) is 131 cm³/mol. The van der Waals surface area contributed by atoms with E-state index in [0.717, 1.165) is 47.4 Å². The number of nitrogens with one attached hydrogen (secondary N) is 2. The number of phenolic OH excluding ortho intramolecular Hbond substituents is 1. The molecule has 2 aromatic carbocycles. The molecule has 0 saturated carbocycles. The summed E-state index contributed by atoms with van der Waals surface area (Å²) in [5, 5.41) is 23.2. The fourth-order valence-corrected chi connectivity index (χ4v) is 4.41. The van der Waals surface area contributed by atoms with Crippen molar-refractivity contribution in [3.63, 3.8) is 0 Å². The smallest absolute Gasteiger partial charge is 0.289 e. The maximum absolute atomic E-state index is 12.8. The molecular formula is C25H28N6O3. The largest absolute Gasteiger partial charge is 0.507 e. The lowest BCUT2D eigenvalue weighted by molar-refractivity contribution is 0.0943. The maximum atomic E-state index is 12.8. The van der Waals surface area contributed by atoms with Gasteiger partial charge in [-0.1, -0.05) is 6.92 Å². The van der Waals surface area contributed by atoms with E-state index in [-0.39, 0.29) is 17.5 Å². The molecule has 3 N–H and O–H groups in total. The zero-order chi connectivity index (χ0) is 23.7. The van der Waals surface area contributed by atoms with Crippen LogP contribution in [0.25, 0.3) is 28.0 Å². The van der Waals surface area contributed by atoms with Crippen molar-refractivity contribution in [1.82, 2.24) is 25.1 Å². The van der Waals surface area contributed by atoms with Crippen LogP contribution < -0.4 is 10.2 Å². The lowest BCUT2D eigenvalue weighted by Crippen LogP contribution is -2.36. The average Bonchev–Trinajstić information content (AvgIpc) is 3.48. The van der Waals surface area contributed by atoms with Crippen LogP contribution >= 0.6 is 0 Å². The summed E-state index contributed by atoms with van der Waals surface area (Å²) in [4.78, 5) is 18.3. The van der Waals surface area contributed by atoms with Gasteiger partial charge in [0, 0.05) is 54.2 Å². The first-order chi connectivity index (χ1) is 16.6. The number of carbonyl (C=O) groups is 1. The number of amides is 1. The van der Waals surface area contributed by atoms with Gasteiger partial charge < -0.3 is 25.0 Å². The Kier molecular flexibility index (Phi) is 5.93. The molecule has 1 aliphatic heterocycles. The normalized spacial score (nSPS) is 14.0. The molecule has 9 nitrogen and oxygen atoms in total. The minimum atomic E-state index is -0.324. The number of phenols is 1. The molecule has 1 fully saturated rings. The van der Waals surface area contributed by atoms with Crippen molar-refractivity contribution in [2.24, 2.45) is 0 Å². The Morgan fingerprint density at radius 3 is 2.56 bits per heavy atom. The lowest BCUT2D eigenvalue weighted by atomic mass is 10.1. The van der Waals surface area contributed by atoms with Crippen molar-refractivity contribution in [1.29, 1.82) is 0 Å². The molecule has 34 heavy (non-hydrogen) atoms. The van der Waals surface area contributed by atoms with E-state index < -0.39 is 0 Å². The molecule has 9 heteroatoms. The number of hydrogen-bond donors (Lipinski definition) is 3. The Morgan fingerprint density at radius 2 is 1.85 bits per heavy atom. The first-order valence-corrected chi connectivity index (χ1v) is 11.6. The van der Waals surface area contributed by atoms with Crippen molar-refractivity contribution >= 4 is 22.5 Å². The van der Waals surface area contributed by atoms with E-state index >= 15 is 0 Å². The van der Waals surface area contributed by atoms with Crippen molar-refractivity contribution < 1.29 is 14.6 Å². The summed E-state index contributed by atoms with van der Waals surface area (Å²) in [6.45, 7) is 7.50. The minimum absolute atomic E-state index is 0.0676. The SMILES string of the molecule is CCNC(=O)c1nnc(-c2cc3c(CC)c[nH]c3cc2O)n1-c1ccc(N2CCOCC2)cc1. The molecule has 2 aromatic heterocycles. The molecule has 0 radical (unpaired) electrons. The molecule has 1 saturated heterocycles. The molecule has 1 amide bonds. The van der Waals surface area contributed by atoms with E-state index in [2.05, 4.69) is 32.3 Å². The third-order valence-electron chi connectivity index (χ3n) is 6.19. The molecule has 5 rings (SSSR count). The number of benzene rings is 2. The zero-order valence-corrected chi connectivity index (χ0v) is 19.3. The van der Waals surface area contributed by atoms with Crippen LogP contribution in [0, 0.1) is 0 Å². The summed E-state index contributed by atoms with van der Waals surface area (Å²) in [7, 11) is 0. The number of nitrogens with zero attached hydrogens (tertiary/aromatic N) is 4. The van der Waals surface area contributed by atoms with E-state index in [1.807, 2.05) is 43.5 Å². The van der Waals surface area contributed by atoms with Crippen LogP contribution in [0.4, 0.5) is 5.69 Å². The second-order valence-electron chi connectivity index (χ2n) is 8.24. The lowest BCUT2D eigenvalue weighted by Gasteiger charge is -2.29. The Balaban J connectivity index is 1.63. The number of ether oxygens (including phenoxy) is 1. The second kappa shape index (κ2) is 9.18. The highest BCUT2D eigenvalue weighted by atomic mass is 16.5. The minimum Gasteiger partial charge on any atom is -0.507 e. The zero-order valence-electron chi connectivity index (χ0n) is 19.3. The Morgan fingerprint density at radius 1 is 1.12 bits per heavy atom. The van der Waals surface area contributed by atoms with Gasteiger partial charge in [-0.05, 0) is 49.2 Å². The Hall–Kier alpha value is -3.85. The number of anilines is 1. The highest BCUT2D eigenvalue weighted by Crippen LogP contribution is 2.35. The highest BCUT2D eigenvalue weighted by molar-refractivity contribution is 5.94. The van der Waals surface area contributed by atoms with E-state index in [1.165, 1.54) is 0 Å². The van der Waals surface area contributed by atoms with Crippen LogP contribution in [0.2, 0.25) is 0 Å². The van der Waals surface area contributed by atoms with Gasteiger partial charge in [-0.2, -0.15) is 0 Å². The van der Waals surface area contributed by atoms with Gasteiger partial charge in [-0.25, -0.2) is 0 Å². The maximum Gasteiger partial charge on any atom is 0.289 e. The van der Waals surface area contributed by atoms with Gasteiger partial charge >= 0.3 is 0 Å². The van der Waals surface area contributed by atoms with E-state index in [4.69, 9.17) is 4.74 Å². The van der Waals surface area contributed by atoms with Crippen molar-refractivity contribution in [3.05, 3.63) is 54.0 Å². The van der Waals surface area contributed by atoms with Crippen LogP contribution in [0.1, 0.15) is 30.0 Å². The third kappa shape index (κ3) is 3.88. The van der Waals surface area contributed by atoms with Gasteiger partial charge in [0.15, 0.2) is 5.82 Å². The number of aromatic hydroxyl groups is 1. The number of morpholine rings is 1. The van der Waals surface area contributed by atoms with Crippen molar-refractivity contribution in [2.75, 3.05) is 37.7 Å². The van der Waals surface area contributed by atoms with Gasteiger partial charge in [0.05, 0.1) is 18.8 Å². The van der Waals surface area contributed by atoms with Crippen LogP contribution in [0.5, 0.6) is 5.75 Å². The van der Waals surface area contributed by atoms with Crippen LogP contribution in [-0.2, 0) is 11.2 Å². The van der Waals surface area contributed by atoms with Gasteiger partial charge in [-0.3, -0.25) is 9.36 Å². The second-order valence-corrected chi connectivity index (χ2v) is 8.24. The van der Waals surface area contributed by atoms with Gasteiger partial charge in [0.25, 0.3) is 5.91 Å². The van der Waals surface area contributed by atoms with E-state index in [1.54, 1.807) is 10.6 Å². The van der Waals surface area contributed by atoms with Gasteiger partial charge in [0.1, 0.15) is 5.75 Å². The average molecular weight is 461 g/mol. The number of carbonyl (C=O) groups excluding carboxylic acids is 1. The summed E-state index contributed by atoms with van der Waals surface area (Å²) in [6, 6.07) is 11.5. The monoisotopic (exact) mass is 460 g/mol. The number of H-pyrrole nitrogens is 1. The first kappa shape index (κ1) is 22.0. The van der Waals surface area contributed by atoms with Crippen molar-refractivity contribution in [2.45, 2.75) is 20.3 Å². The standard InChI is InChI=1S/C25H28N6O3/c1-3-16-15-27-21-14-22(32)20(13-19(16)21)23-28-29-24(25(33)26-4-2)31(23)18-7-5-17(6-8-18)30-9-11-34-12-10-30/h5-8,13-15,27,32H,3-4,9-12H2,1-2H3,(H,26,33). The number of aromatic nitrogens is 4. The Bertz CT molecular complexity index is 1320. The number of hydrogen-bond acceptors (Lipinski definition) is 6. The number of aryl methyl sites for hydroxylation is 1. The summed E-state index contributed by atoms with van der Waals surface area (Å²) in [6.07, 6.45) is 2.80. The molecule has 0 bridgehead atoms. The molecule has 4 aromatic rings. The van der Waals surface area contributed by atoms with E-state index in [0.29, 0.717) is 31.1 Å². The molecule has 1 aliphatic rings. The molecule has 0 spiro atoms. The summed E-state index contributed by atoms with van der Waals surface area (Å²) >= 11 is 0. The van der Waals surface area contributed by atoms with Crippen LogP contribution in [0.3, 0.4) is 0 Å². The van der Waals surface area contributed by atoms with E-state index in [9.17, 15) is 9.90 Å². The number of aromatic amines is 1. The Labute approximate surface area is 197 Å². The van der Waals surface area contributed by atoms with Gasteiger partial charge in [0.2, 0.25) is 5.82 Å². The quantitative estimate of drug-likeness (QED) is 0.408. The topological polar surface area (TPSA) is 108 Å². The number of rotatable bonds is 6. The molecule has 0 atom stereocenters. The van der Waals surface area contributed by atoms with Crippen LogP contribution in [0.15, 0.2) is 42.6 Å². The third-order valence-corrected chi connectivity index (χ3v) is 6.19.